The van der Waals surface area contributed by atoms with Crippen molar-refractivity contribution in [3.8, 4) is 0 Å². The molecule has 2 rings (SSSR count). The minimum absolute atomic E-state index is 1.35. The third-order valence-corrected chi connectivity index (χ3v) is 4.55. The zero-order chi connectivity index (χ0) is 8.72. The van der Waals surface area contributed by atoms with E-state index in [-0.39, 0.29) is 0 Å². The van der Waals surface area contributed by atoms with E-state index in [2.05, 4.69) is 54.6 Å². The maximum Gasteiger partial charge on any atom is 0.0695 e. The van der Waals surface area contributed by atoms with Crippen LogP contribution in [0, 0.1) is 16.7 Å². The molecule has 62 valence electrons. The van der Waals surface area contributed by atoms with Gasteiger partial charge >= 0.3 is 0 Å². The molecule has 0 unspecified atom stereocenters. The highest BCUT2D eigenvalue weighted by atomic mass is 127. The number of fused-ring (bicyclic) bond motifs is 1. The van der Waals surface area contributed by atoms with Gasteiger partial charge in [-0.1, -0.05) is 12.1 Å². The van der Waals surface area contributed by atoms with Crippen molar-refractivity contribution in [1.82, 2.24) is 0 Å². The maximum absolute atomic E-state index is 2.41. The third kappa shape index (κ3) is 1.27. The van der Waals surface area contributed by atoms with E-state index >= 15 is 0 Å². The molecule has 0 amide bonds. The number of benzene rings is 1. The Bertz CT molecular complexity index is 429. The van der Waals surface area contributed by atoms with Gasteiger partial charge in [0, 0.05) is 4.70 Å². The molecule has 0 nitrogen and oxygen atoms in total. The summed E-state index contributed by atoms with van der Waals surface area (Å²) in [4.78, 5) is 0. The maximum atomic E-state index is 2.41. The lowest BCUT2D eigenvalue weighted by molar-refractivity contribution is 1.50. The lowest BCUT2D eigenvalue weighted by Gasteiger charge is -1.92. The zero-order valence-electron chi connectivity index (χ0n) is 7.02. The van der Waals surface area contributed by atoms with E-state index in [1.807, 2.05) is 11.3 Å². The molecule has 0 fully saturated rings. The standard InChI is InChI=1S/C10H9IS/c1-6-3-4-8-7(2)10(11)12-9(8)5-6/h3-5H,1-2H3. The first-order chi connectivity index (χ1) is 5.68. The summed E-state index contributed by atoms with van der Waals surface area (Å²) in [5.74, 6) is 0. The van der Waals surface area contributed by atoms with Crippen molar-refractivity contribution in [2.24, 2.45) is 0 Å². The fraction of sp³-hybridized carbons (Fsp3) is 0.200. The van der Waals surface area contributed by atoms with Gasteiger partial charge in [-0.25, -0.2) is 0 Å². The molecule has 0 N–H and O–H groups in total. The Hall–Kier alpha value is -0.0900. The molecule has 0 bridgehead atoms. The van der Waals surface area contributed by atoms with Gasteiger partial charge in [0.2, 0.25) is 0 Å². The summed E-state index contributed by atoms with van der Waals surface area (Å²) in [5, 5.41) is 1.41. The van der Waals surface area contributed by atoms with Gasteiger partial charge in [-0.05, 0) is 59.0 Å². The normalized spacial score (nSPS) is 10.9. The second kappa shape index (κ2) is 3.00. The van der Waals surface area contributed by atoms with Crippen molar-refractivity contribution in [2.75, 3.05) is 0 Å². The second-order valence-corrected chi connectivity index (χ2v) is 5.86. The summed E-state index contributed by atoms with van der Waals surface area (Å²) >= 11 is 4.29. The Morgan fingerprint density at radius 2 is 2.00 bits per heavy atom. The van der Waals surface area contributed by atoms with Gasteiger partial charge in [0.15, 0.2) is 0 Å². The Morgan fingerprint density at radius 3 is 2.75 bits per heavy atom. The van der Waals surface area contributed by atoms with E-state index < -0.39 is 0 Å². The fourth-order valence-electron chi connectivity index (χ4n) is 1.30. The number of halogens is 1. The quantitative estimate of drug-likeness (QED) is 0.640. The average Bonchev–Trinajstić information content (AvgIpc) is 2.28. The minimum atomic E-state index is 1.35. The summed E-state index contributed by atoms with van der Waals surface area (Å²) < 4.78 is 2.82. The fourth-order valence-corrected chi connectivity index (χ4v) is 3.34. The SMILES string of the molecule is Cc1ccc2c(C)c(I)sc2c1. The first-order valence-corrected chi connectivity index (χ1v) is 5.73. The van der Waals surface area contributed by atoms with Crippen LogP contribution in [-0.2, 0) is 0 Å². The van der Waals surface area contributed by atoms with Crippen LogP contribution < -0.4 is 0 Å². The van der Waals surface area contributed by atoms with Crippen LogP contribution in [0.15, 0.2) is 18.2 Å². The molecule has 0 aliphatic heterocycles. The molecule has 1 heterocycles. The van der Waals surface area contributed by atoms with Crippen LogP contribution in [0.1, 0.15) is 11.1 Å². The summed E-state index contributed by atoms with van der Waals surface area (Å²) in [5.41, 5.74) is 2.77. The van der Waals surface area contributed by atoms with Gasteiger partial charge in [-0.2, -0.15) is 0 Å². The van der Waals surface area contributed by atoms with Crippen LogP contribution >= 0.6 is 33.9 Å². The van der Waals surface area contributed by atoms with Crippen molar-refractivity contribution in [3.05, 3.63) is 32.2 Å². The molecule has 0 aliphatic rings. The van der Waals surface area contributed by atoms with E-state index in [1.165, 1.54) is 24.1 Å². The highest BCUT2D eigenvalue weighted by Gasteiger charge is 2.04. The van der Waals surface area contributed by atoms with Crippen LogP contribution in [0.25, 0.3) is 10.1 Å². The van der Waals surface area contributed by atoms with Crippen LogP contribution in [0.2, 0.25) is 0 Å². The Balaban J connectivity index is 2.87. The molecular formula is C10H9IS. The summed E-state index contributed by atoms with van der Waals surface area (Å²) in [6, 6.07) is 6.66. The molecule has 0 atom stereocenters. The number of thiophene rings is 1. The summed E-state index contributed by atoms with van der Waals surface area (Å²) in [6.45, 7) is 4.33. The molecule has 2 aromatic rings. The first kappa shape index (κ1) is 8.51. The molecule has 0 radical (unpaired) electrons. The molecule has 1 aromatic carbocycles. The van der Waals surface area contributed by atoms with E-state index in [1.54, 1.807) is 0 Å². The van der Waals surface area contributed by atoms with Gasteiger partial charge in [0.1, 0.15) is 0 Å². The topological polar surface area (TPSA) is 0 Å². The molecule has 2 heteroatoms. The average molecular weight is 288 g/mol. The summed E-state index contributed by atoms with van der Waals surface area (Å²) in [6.07, 6.45) is 0. The van der Waals surface area contributed by atoms with Gasteiger partial charge in [0.05, 0.1) is 2.88 Å². The number of hydrogen-bond donors (Lipinski definition) is 0. The molecule has 0 saturated carbocycles. The molecular weight excluding hydrogens is 279 g/mol. The summed E-state index contributed by atoms with van der Waals surface area (Å²) in [7, 11) is 0. The predicted molar refractivity (Wildman–Crippen MR) is 64.0 cm³/mol. The molecule has 0 spiro atoms. The molecule has 1 aromatic heterocycles. The highest BCUT2D eigenvalue weighted by Crippen LogP contribution is 2.31. The van der Waals surface area contributed by atoms with Crippen LogP contribution in [-0.4, -0.2) is 0 Å². The van der Waals surface area contributed by atoms with Crippen molar-refractivity contribution < 1.29 is 0 Å². The van der Waals surface area contributed by atoms with Crippen molar-refractivity contribution in [2.45, 2.75) is 13.8 Å². The largest absolute Gasteiger partial charge is 0.129 e. The predicted octanol–water partition coefficient (Wildman–Crippen LogP) is 4.12. The van der Waals surface area contributed by atoms with Gasteiger partial charge in [0.25, 0.3) is 0 Å². The number of hydrogen-bond acceptors (Lipinski definition) is 1. The van der Waals surface area contributed by atoms with Gasteiger partial charge in [-0.3, -0.25) is 0 Å². The first-order valence-electron chi connectivity index (χ1n) is 3.84. The minimum Gasteiger partial charge on any atom is -0.129 e. The third-order valence-electron chi connectivity index (χ3n) is 2.04. The Kier molecular flexibility index (Phi) is 2.12. The molecule has 12 heavy (non-hydrogen) atoms. The number of rotatable bonds is 0. The highest BCUT2D eigenvalue weighted by molar-refractivity contribution is 14.1. The van der Waals surface area contributed by atoms with Crippen molar-refractivity contribution in [1.29, 1.82) is 0 Å². The van der Waals surface area contributed by atoms with Crippen molar-refractivity contribution in [3.63, 3.8) is 0 Å². The lowest BCUT2D eigenvalue weighted by atomic mass is 10.1. The van der Waals surface area contributed by atoms with E-state index in [0.29, 0.717) is 0 Å². The number of aryl methyl sites for hydroxylation is 2. The molecule has 0 saturated heterocycles. The van der Waals surface area contributed by atoms with Crippen molar-refractivity contribution >= 4 is 44.0 Å². The van der Waals surface area contributed by atoms with E-state index in [0.717, 1.165) is 0 Å². The zero-order valence-corrected chi connectivity index (χ0v) is 9.99. The van der Waals surface area contributed by atoms with E-state index in [9.17, 15) is 0 Å². The smallest absolute Gasteiger partial charge is 0.0695 e. The van der Waals surface area contributed by atoms with Gasteiger partial charge < -0.3 is 0 Å². The van der Waals surface area contributed by atoms with Crippen LogP contribution in [0.3, 0.4) is 0 Å². The van der Waals surface area contributed by atoms with Crippen LogP contribution in [0.5, 0.6) is 0 Å². The van der Waals surface area contributed by atoms with E-state index in [4.69, 9.17) is 0 Å². The van der Waals surface area contributed by atoms with Crippen LogP contribution in [0.4, 0.5) is 0 Å². The Labute approximate surface area is 89.7 Å². The molecule has 0 aliphatic carbocycles. The monoisotopic (exact) mass is 288 g/mol. The lowest BCUT2D eigenvalue weighted by Crippen LogP contribution is -1.71. The van der Waals surface area contributed by atoms with Gasteiger partial charge in [-0.15, -0.1) is 11.3 Å². The second-order valence-electron chi connectivity index (χ2n) is 3.00. The Morgan fingerprint density at radius 1 is 1.25 bits per heavy atom.